The molecule has 0 aromatic heterocycles. The van der Waals surface area contributed by atoms with Crippen molar-refractivity contribution in [1.29, 1.82) is 0 Å². The first-order valence-electron chi connectivity index (χ1n) is 26.7. The van der Waals surface area contributed by atoms with Crippen LogP contribution in [0.5, 0.6) is 0 Å². The van der Waals surface area contributed by atoms with E-state index in [4.69, 9.17) is 24.6 Å². The fourth-order valence-corrected chi connectivity index (χ4v) is 9.95. The number of rotatable bonds is 19. The fraction of sp³-hybridized carbons (Fsp3) is 0.413. The average Bonchev–Trinajstić information content (AvgIpc) is 3.79. The van der Waals surface area contributed by atoms with E-state index in [0.717, 1.165) is 91.4 Å². The molecule has 0 radical (unpaired) electrons. The van der Waals surface area contributed by atoms with Crippen LogP contribution in [0.4, 0.5) is 34.1 Å². The van der Waals surface area contributed by atoms with Crippen LogP contribution in [-0.4, -0.2) is 90.3 Å². The second-order valence-corrected chi connectivity index (χ2v) is 18.6. The number of hydrogen-bond donors (Lipinski definition) is 1. The van der Waals surface area contributed by atoms with Gasteiger partial charge in [-0.25, -0.2) is 0 Å². The standard InChI is InChI=1S/C23H32N2O2.2C19H23N.CH2O3.CH4O.ClH.Na/c1-24(16-17-27-19-18-26-2)14-7-15-25-22-10-5-3-8-20(22)12-13-21-9-4-6-11-23(21)25;2*1-2-3-8-15-20-18-11-6-4-9-16(18)13-14-17-10-5-7-12-19(17)20;2-1-4-3;1-2;;/h3-6,8-11H,7,12-19H2,1-2H3;2*4-7,9-12H,2-3,8,13-15H2,1H3;1,3H;2H,1H3;1H;/q;;;;;;+1/p-1. The topological polar surface area (TPSA) is 101 Å². The Bertz CT molecular complexity index is 2230. The molecular formula is C63H84ClN4NaO6. The molecular weight excluding hydrogens is 967 g/mol. The summed E-state index contributed by atoms with van der Waals surface area (Å²) >= 11 is 0. The van der Waals surface area contributed by atoms with Gasteiger partial charge in [0.05, 0.1) is 19.8 Å². The van der Waals surface area contributed by atoms with E-state index in [9.17, 15) is 0 Å². The maximum Gasteiger partial charge on any atom is 1.00 e. The first-order valence-corrected chi connectivity index (χ1v) is 26.7. The van der Waals surface area contributed by atoms with E-state index in [0.29, 0.717) is 13.2 Å². The molecule has 3 aliphatic heterocycles. The summed E-state index contributed by atoms with van der Waals surface area (Å²) in [5.41, 5.74) is 17.2. The third-order valence-electron chi connectivity index (χ3n) is 13.7. The summed E-state index contributed by atoms with van der Waals surface area (Å²) in [6.07, 6.45) is 15.6. The zero-order chi connectivity index (χ0) is 51.9. The van der Waals surface area contributed by atoms with Crippen molar-refractivity contribution in [2.45, 2.75) is 97.3 Å². The Kier molecular flexibility index (Phi) is 32.7. The van der Waals surface area contributed by atoms with E-state index >= 15 is 0 Å². The van der Waals surface area contributed by atoms with E-state index in [1.807, 2.05) is 0 Å². The number of benzene rings is 6. The number of ether oxygens (including phenoxy) is 2. The average molecular weight is 1050 g/mol. The number of methoxy groups -OCH3 is 1. The first-order chi connectivity index (χ1) is 36.0. The predicted octanol–water partition coefficient (Wildman–Crippen LogP) is 9.60. The maximum atomic E-state index is 8.64. The van der Waals surface area contributed by atoms with Crippen LogP contribution in [-0.2, 0) is 57.7 Å². The molecule has 9 rings (SSSR count). The smallest absolute Gasteiger partial charge is 0.662 e. The maximum absolute atomic E-state index is 8.64. The van der Waals surface area contributed by atoms with Gasteiger partial charge in [-0.2, -0.15) is 0 Å². The number of aliphatic hydroxyl groups excluding tert-OH is 1. The molecule has 0 bridgehead atoms. The molecule has 3 heterocycles. The fourth-order valence-electron chi connectivity index (χ4n) is 9.95. The van der Waals surface area contributed by atoms with Gasteiger partial charge in [0.15, 0.2) is 0 Å². The Labute approximate surface area is 478 Å². The summed E-state index contributed by atoms with van der Waals surface area (Å²) in [6.45, 7) is 11.8. The molecule has 0 aliphatic carbocycles. The molecule has 0 fully saturated rings. The molecule has 6 aromatic carbocycles. The molecule has 0 saturated carbocycles. The van der Waals surface area contributed by atoms with Crippen LogP contribution < -0.4 is 49.5 Å². The summed E-state index contributed by atoms with van der Waals surface area (Å²) in [6, 6.07) is 53.3. The van der Waals surface area contributed by atoms with Gasteiger partial charge in [0.25, 0.3) is 6.47 Å². The van der Waals surface area contributed by atoms with Crippen molar-refractivity contribution in [3.8, 4) is 0 Å². The molecule has 0 saturated heterocycles. The minimum Gasteiger partial charge on any atom is -0.662 e. The van der Waals surface area contributed by atoms with E-state index in [2.05, 4.69) is 191 Å². The third-order valence-corrected chi connectivity index (χ3v) is 13.7. The van der Waals surface area contributed by atoms with Gasteiger partial charge in [-0.05, 0) is 141 Å². The summed E-state index contributed by atoms with van der Waals surface area (Å²) in [4.78, 5) is 21.2. The Morgan fingerprint density at radius 1 is 0.480 bits per heavy atom. The molecule has 0 amide bonds. The second kappa shape index (κ2) is 37.9. The Hall–Kier alpha value is -4.72. The molecule has 400 valence electrons. The van der Waals surface area contributed by atoms with Crippen LogP contribution in [0.2, 0.25) is 0 Å². The molecule has 6 aromatic rings. The molecule has 0 atom stereocenters. The van der Waals surface area contributed by atoms with Crippen molar-refractivity contribution >= 4 is 53.0 Å². The Balaban J connectivity index is 0.000000281. The van der Waals surface area contributed by atoms with E-state index < -0.39 is 0 Å². The number of aryl methyl sites for hydroxylation is 6. The van der Waals surface area contributed by atoms with Crippen LogP contribution >= 0.6 is 12.4 Å². The molecule has 0 spiro atoms. The number of fused-ring (bicyclic) bond motifs is 6. The number of anilines is 6. The van der Waals surface area contributed by atoms with Crippen molar-refractivity contribution in [1.82, 2.24) is 4.90 Å². The summed E-state index contributed by atoms with van der Waals surface area (Å²) in [7, 11) is 4.87. The molecule has 1 N–H and O–H groups in total. The largest absolute Gasteiger partial charge is 1.00 e. The minimum atomic E-state index is -0.181. The monoisotopic (exact) mass is 1050 g/mol. The molecule has 3 aliphatic rings. The van der Waals surface area contributed by atoms with Gasteiger partial charge in [-0.15, -0.1) is 12.4 Å². The van der Waals surface area contributed by atoms with Gasteiger partial charge in [0, 0.05) is 74.5 Å². The Morgan fingerprint density at radius 2 is 0.760 bits per heavy atom. The predicted molar refractivity (Wildman–Crippen MR) is 308 cm³/mol. The summed E-state index contributed by atoms with van der Waals surface area (Å²) < 4.78 is 10.6. The number of unbranched alkanes of at least 4 members (excludes halogenated alkanes) is 4. The number of likely N-dealkylation sites (N-methyl/N-ethyl adjacent to an activating group) is 1. The number of hydrogen-bond acceptors (Lipinski definition) is 10. The summed E-state index contributed by atoms with van der Waals surface area (Å²) in [5.74, 6) is 0. The van der Waals surface area contributed by atoms with Crippen molar-refractivity contribution in [3.05, 3.63) is 179 Å². The number of para-hydroxylation sites is 6. The van der Waals surface area contributed by atoms with Crippen molar-refractivity contribution in [2.24, 2.45) is 0 Å². The quantitative estimate of drug-likeness (QED) is 0.0278. The zero-order valence-corrected chi connectivity index (χ0v) is 48.8. The molecule has 12 heteroatoms. The van der Waals surface area contributed by atoms with Gasteiger partial charge >= 0.3 is 29.6 Å². The number of nitrogens with zero attached hydrogens (tertiary/aromatic N) is 4. The van der Waals surface area contributed by atoms with Gasteiger partial charge in [-0.1, -0.05) is 149 Å². The Morgan fingerprint density at radius 3 is 1.03 bits per heavy atom. The molecule has 10 nitrogen and oxygen atoms in total. The van der Waals surface area contributed by atoms with Gasteiger partial charge in [0.2, 0.25) is 0 Å². The van der Waals surface area contributed by atoms with Gasteiger partial charge in [-0.3, -0.25) is 4.79 Å². The van der Waals surface area contributed by atoms with Crippen molar-refractivity contribution < 1.29 is 59.1 Å². The van der Waals surface area contributed by atoms with Crippen LogP contribution in [0.1, 0.15) is 92.2 Å². The SMILES string of the molecule is CCCCCN1c2ccccc2CCc2ccccc21.CCCCCN1c2ccccc2CCc2ccccc21.CO.COCCOCCN(C)CCCN1c2ccccc2CCc2ccccc21.Cl.O=CO[O-].[Na+]. The number of halogens is 1. The number of aliphatic hydroxyl groups is 1. The molecule has 0 unspecified atom stereocenters. The van der Waals surface area contributed by atoms with Crippen molar-refractivity contribution in [3.63, 3.8) is 0 Å². The normalized spacial score (nSPS) is 12.4. The zero-order valence-electron chi connectivity index (χ0n) is 46.0. The van der Waals surface area contributed by atoms with Gasteiger partial charge < -0.3 is 44.3 Å². The van der Waals surface area contributed by atoms with Crippen LogP contribution in [0.15, 0.2) is 146 Å². The first kappa shape index (κ1) is 64.6. The van der Waals surface area contributed by atoms with E-state index in [1.54, 1.807) is 7.11 Å². The van der Waals surface area contributed by atoms with Crippen molar-refractivity contribution in [2.75, 3.05) is 88.5 Å². The summed E-state index contributed by atoms with van der Waals surface area (Å²) in [5, 5.41) is 15.4. The molecule has 75 heavy (non-hydrogen) atoms. The minimum absolute atomic E-state index is 0. The van der Waals surface area contributed by atoms with Crippen LogP contribution in [0.3, 0.4) is 0 Å². The van der Waals surface area contributed by atoms with E-state index in [1.165, 1.54) is 106 Å². The third kappa shape index (κ3) is 20.3. The number of carbonyl (C=O) groups is 1. The van der Waals surface area contributed by atoms with E-state index in [-0.39, 0.29) is 48.4 Å². The van der Waals surface area contributed by atoms with Crippen LogP contribution in [0.25, 0.3) is 0 Å². The second-order valence-electron chi connectivity index (χ2n) is 18.6. The number of carbonyl (C=O) groups excluding carboxylic acids is 1. The van der Waals surface area contributed by atoms with Gasteiger partial charge in [0.1, 0.15) is 0 Å². The van der Waals surface area contributed by atoms with Crippen LogP contribution in [0, 0.1) is 0 Å².